The minimum atomic E-state index is -0.787. The van der Waals surface area contributed by atoms with Crippen molar-refractivity contribution < 1.29 is 14.6 Å². The van der Waals surface area contributed by atoms with Crippen molar-refractivity contribution in [1.82, 2.24) is 5.32 Å². The highest BCUT2D eigenvalue weighted by molar-refractivity contribution is 5.44. The van der Waals surface area contributed by atoms with Crippen LogP contribution in [0.4, 0.5) is 0 Å². The first-order valence-corrected chi connectivity index (χ1v) is 6.27. The topological polar surface area (TPSA) is 50.7 Å². The van der Waals surface area contributed by atoms with Crippen LogP contribution >= 0.6 is 0 Å². The van der Waals surface area contributed by atoms with Crippen molar-refractivity contribution in [1.29, 1.82) is 0 Å². The Bertz CT molecular complexity index is 422. The van der Waals surface area contributed by atoms with E-state index in [9.17, 15) is 5.11 Å². The molecular weight excluding hydrogens is 230 g/mol. The van der Waals surface area contributed by atoms with Gasteiger partial charge in [0.05, 0.1) is 19.8 Å². The van der Waals surface area contributed by atoms with E-state index in [2.05, 4.69) is 12.2 Å². The Balaban J connectivity index is 2.37. The zero-order chi connectivity index (χ0) is 13.2. The van der Waals surface area contributed by atoms with Gasteiger partial charge in [0.15, 0.2) is 11.5 Å². The largest absolute Gasteiger partial charge is 0.493 e. The molecule has 2 unspecified atom stereocenters. The highest BCUT2D eigenvalue weighted by atomic mass is 16.5. The number of rotatable bonds is 3. The molecule has 1 fully saturated rings. The number of nitrogens with one attached hydrogen (secondary N) is 1. The second-order valence-corrected chi connectivity index (χ2v) is 4.85. The van der Waals surface area contributed by atoms with Gasteiger partial charge >= 0.3 is 0 Å². The van der Waals surface area contributed by atoms with Crippen molar-refractivity contribution in [2.45, 2.75) is 18.9 Å². The van der Waals surface area contributed by atoms with Gasteiger partial charge in [0.2, 0.25) is 0 Å². The third-order valence-corrected chi connectivity index (χ3v) is 3.83. The van der Waals surface area contributed by atoms with E-state index in [0.29, 0.717) is 17.9 Å². The molecule has 1 aromatic rings. The second kappa shape index (κ2) is 5.16. The lowest BCUT2D eigenvalue weighted by atomic mass is 9.77. The molecule has 0 saturated carbocycles. The molecule has 0 aromatic heterocycles. The number of methoxy groups -OCH3 is 2. The average Bonchev–Trinajstić information content (AvgIpc) is 2.41. The van der Waals surface area contributed by atoms with Gasteiger partial charge in [-0.2, -0.15) is 0 Å². The van der Waals surface area contributed by atoms with Crippen molar-refractivity contribution in [2.75, 3.05) is 27.3 Å². The first-order valence-electron chi connectivity index (χ1n) is 6.27. The fourth-order valence-corrected chi connectivity index (χ4v) is 2.55. The van der Waals surface area contributed by atoms with Gasteiger partial charge in [0.1, 0.15) is 0 Å². The molecule has 1 aliphatic rings. The van der Waals surface area contributed by atoms with Crippen molar-refractivity contribution >= 4 is 0 Å². The SMILES string of the molecule is COc1ccc(C2(O)CCNCC2C)cc1OC. The van der Waals surface area contributed by atoms with E-state index in [1.807, 2.05) is 18.2 Å². The molecule has 2 N–H and O–H groups in total. The molecule has 1 heterocycles. The predicted molar refractivity (Wildman–Crippen MR) is 70.1 cm³/mol. The Morgan fingerprint density at radius 1 is 1.28 bits per heavy atom. The summed E-state index contributed by atoms with van der Waals surface area (Å²) in [5.74, 6) is 1.52. The summed E-state index contributed by atoms with van der Waals surface area (Å²) in [7, 11) is 3.22. The third-order valence-electron chi connectivity index (χ3n) is 3.83. The normalized spacial score (nSPS) is 27.9. The van der Waals surface area contributed by atoms with E-state index < -0.39 is 5.60 Å². The minimum Gasteiger partial charge on any atom is -0.493 e. The van der Waals surface area contributed by atoms with Crippen LogP contribution in [0.2, 0.25) is 0 Å². The standard InChI is InChI=1S/C14H21NO3/c1-10-9-15-7-6-14(10,16)11-4-5-12(17-2)13(8-11)18-3/h4-5,8,10,15-16H,6-7,9H2,1-3H3. The van der Waals surface area contributed by atoms with Crippen molar-refractivity contribution in [3.8, 4) is 11.5 Å². The Morgan fingerprint density at radius 3 is 2.61 bits per heavy atom. The van der Waals surface area contributed by atoms with Gasteiger partial charge in [-0.05, 0) is 30.7 Å². The predicted octanol–water partition coefficient (Wildman–Crippen LogP) is 1.52. The fourth-order valence-electron chi connectivity index (χ4n) is 2.55. The van der Waals surface area contributed by atoms with Gasteiger partial charge in [0.25, 0.3) is 0 Å². The zero-order valence-electron chi connectivity index (χ0n) is 11.2. The third kappa shape index (κ3) is 2.18. The van der Waals surface area contributed by atoms with Crippen LogP contribution in [0, 0.1) is 5.92 Å². The van der Waals surface area contributed by atoms with Gasteiger partial charge < -0.3 is 19.9 Å². The highest BCUT2D eigenvalue weighted by Crippen LogP contribution is 2.38. The molecule has 4 nitrogen and oxygen atoms in total. The summed E-state index contributed by atoms with van der Waals surface area (Å²) in [6, 6.07) is 5.64. The van der Waals surface area contributed by atoms with E-state index >= 15 is 0 Å². The molecular formula is C14H21NO3. The molecule has 0 amide bonds. The number of benzene rings is 1. The molecule has 18 heavy (non-hydrogen) atoms. The molecule has 2 rings (SSSR count). The number of ether oxygens (including phenoxy) is 2. The molecule has 0 bridgehead atoms. The lowest BCUT2D eigenvalue weighted by Gasteiger charge is -2.39. The van der Waals surface area contributed by atoms with E-state index in [1.54, 1.807) is 14.2 Å². The van der Waals surface area contributed by atoms with Crippen molar-refractivity contribution in [2.24, 2.45) is 5.92 Å². The van der Waals surface area contributed by atoms with Crippen LogP contribution < -0.4 is 14.8 Å². The van der Waals surface area contributed by atoms with Crippen LogP contribution in [0.1, 0.15) is 18.9 Å². The maximum Gasteiger partial charge on any atom is 0.161 e. The quantitative estimate of drug-likeness (QED) is 0.855. The van der Waals surface area contributed by atoms with Crippen molar-refractivity contribution in [3.63, 3.8) is 0 Å². The summed E-state index contributed by atoms with van der Waals surface area (Å²) < 4.78 is 10.5. The lowest BCUT2D eigenvalue weighted by molar-refractivity contribution is -0.0393. The highest BCUT2D eigenvalue weighted by Gasteiger charge is 2.38. The summed E-state index contributed by atoms with van der Waals surface area (Å²) in [6.45, 7) is 3.71. The Morgan fingerprint density at radius 2 is 2.00 bits per heavy atom. The summed E-state index contributed by atoms with van der Waals surface area (Å²) in [4.78, 5) is 0. The molecule has 0 spiro atoms. The molecule has 0 aliphatic carbocycles. The van der Waals surface area contributed by atoms with Gasteiger partial charge in [-0.25, -0.2) is 0 Å². The molecule has 100 valence electrons. The smallest absolute Gasteiger partial charge is 0.161 e. The molecule has 1 aromatic carbocycles. The summed E-state index contributed by atoms with van der Waals surface area (Å²) in [5.41, 5.74) is 0.110. The van der Waals surface area contributed by atoms with E-state index in [1.165, 1.54) is 0 Å². The van der Waals surface area contributed by atoms with E-state index in [4.69, 9.17) is 9.47 Å². The summed E-state index contributed by atoms with van der Waals surface area (Å²) in [6.07, 6.45) is 0.712. The second-order valence-electron chi connectivity index (χ2n) is 4.85. The van der Waals surface area contributed by atoms with Crippen LogP contribution in [-0.4, -0.2) is 32.4 Å². The molecule has 4 heteroatoms. The number of hydrogen-bond donors (Lipinski definition) is 2. The maximum absolute atomic E-state index is 10.9. The first-order chi connectivity index (χ1) is 8.61. The minimum absolute atomic E-state index is 0.171. The fraction of sp³-hybridized carbons (Fsp3) is 0.571. The number of aliphatic hydroxyl groups is 1. The summed E-state index contributed by atoms with van der Waals surface area (Å²) in [5, 5.41) is 14.2. The van der Waals surface area contributed by atoms with Gasteiger partial charge in [-0.15, -0.1) is 0 Å². The van der Waals surface area contributed by atoms with Crippen LogP contribution in [0.25, 0.3) is 0 Å². The Labute approximate surface area is 108 Å². The Kier molecular flexibility index (Phi) is 3.78. The number of hydrogen-bond acceptors (Lipinski definition) is 4. The van der Waals surface area contributed by atoms with Crippen LogP contribution in [0.5, 0.6) is 11.5 Å². The molecule has 0 radical (unpaired) electrons. The van der Waals surface area contributed by atoms with Crippen LogP contribution in [-0.2, 0) is 5.60 Å². The molecule has 1 saturated heterocycles. The van der Waals surface area contributed by atoms with Crippen LogP contribution in [0.15, 0.2) is 18.2 Å². The van der Waals surface area contributed by atoms with Gasteiger partial charge in [0, 0.05) is 12.5 Å². The molecule has 2 atom stereocenters. The average molecular weight is 251 g/mol. The summed E-state index contributed by atoms with van der Waals surface area (Å²) >= 11 is 0. The van der Waals surface area contributed by atoms with E-state index in [0.717, 1.165) is 18.7 Å². The maximum atomic E-state index is 10.9. The zero-order valence-corrected chi connectivity index (χ0v) is 11.2. The van der Waals surface area contributed by atoms with Gasteiger partial charge in [-0.3, -0.25) is 0 Å². The Hall–Kier alpha value is -1.26. The first kappa shape index (κ1) is 13.2. The monoisotopic (exact) mass is 251 g/mol. The van der Waals surface area contributed by atoms with E-state index in [-0.39, 0.29) is 5.92 Å². The molecule has 1 aliphatic heterocycles. The van der Waals surface area contributed by atoms with Crippen molar-refractivity contribution in [3.05, 3.63) is 23.8 Å². The van der Waals surface area contributed by atoms with Gasteiger partial charge in [-0.1, -0.05) is 13.0 Å². The number of piperidine rings is 1. The lowest BCUT2D eigenvalue weighted by Crippen LogP contribution is -2.46. The van der Waals surface area contributed by atoms with Crippen LogP contribution in [0.3, 0.4) is 0 Å².